The first-order chi connectivity index (χ1) is 9.83. The fourth-order valence-corrected chi connectivity index (χ4v) is 2.93. The summed E-state index contributed by atoms with van der Waals surface area (Å²) >= 11 is 1.50. The second kappa shape index (κ2) is 6.09. The van der Waals surface area contributed by atoms with Crippen LogP contribution in [0.25, 0.3) is 0 Å². The maximum absolute atomic E-state index is 12.4. The van der Waals surface area contributed by atoms with Gasteiger partial charge in [-0.1, -0.05) is 48.2 Å². The summed E-state index contributed by atoms with van der Waals surface area (Å²) in [6, 6.07) is 16.0. The average molecular weight is 284 g/mol. The lowest BCUT2D eigenvalue weighted by atomic mass is 10.1. The van der Waals surface area contributed by atoms with Gasteiger partial charge in [0.15, 0.2) is 0 Å². The highest BCUT2D eigenvalue weighted by Crippen LogP contribution is 2.35. The van der Waals surface area contributed by atoms with E-state index in [1.165, 1.54) is 11.8 Å². The molecule has 1 amide bonds. The van der Waals surface area contributed by atoms with Crippen molar-refractivity contribution >= 4 is 17.7 Å². The standard InChI is InChI=1S/C16H16N2OS/c19-16(18-13-9-10-13)15(12-6-2-1-3-7-12)20-14-8-4-5-11-17-14/h1-8,11,13,15H,9-10H2,(H,18,19)/t15-/m1/s1. The van der Waals surface area contributed by atoms with Crippen molar-refractivity contribution in [3.63, 3.8) is 0 Å². The first kappa shape index (κ1) is 13.2. The van der Waals surface area contributed by atoms with Crippen LogP contribution < -0.4 is 5.32 Å². The molecule has 1 heterocycles. The molecule has 20 heavy (non-hydrogen) atoms. The number of nitrogens with one attached hydrogen (secondary N) is 1. The summed E-state index contributed by atoms with van der Waals surface area (Å²) in [5, 5.41) is 3.71. The van der Waals surface area contributed by atoms with Crippen molar-refractivity contribution in [1.82, 2.24) is 10.3 Å². The Hall–Kier alpha value is -1.81. The van der Waals surface area contributed by atoms with E-state index >= 15 is 0 Å². The molecule has 0 unspecified atom stereocenters. The molecule has 0 saturated heterocycles. The lowest BCUT2D eigenvalue weighted by Crippen LogP contribution is -2.29. The molecule has 0 radical (unpaired) electrons. The van der Waals surface area contributed by atoms with Crippen LogP contribution in [0, 0.1) is 0 Å². The third-order valence-electron chi connectivity index (χ3n) is 3.14. The third kappa shape index (κ3) is 3.39. The van der Waals surface area contributed by atoms with Crippen LogP contribution in [0.2, 0.25) is 0 Å². The molecule has 1 aliphatic carbocycles. The smallest absolute Gasteiger partial charge is 0.238 e. The average Bonchev–Trinajstić information content (AvgIpc) is 3.30. The molecule has 1 fully saturated rings. The van der Waals surface area contributed by atoms with Gasteiger partial charge in [-0.25, -0.2) is 4.98 Å². The number of pyridine rings is 1. The molecular formula is C16H16N2OS. The van der Waals surface area contributed by atoms with Crippen molar-refractivity contribution < 1.29 is 4.79 Å². The number of benzene rings is 1. The van der Waals surface area contributed by atoms with Gasteiger partial charge in [0, 0.05) is 12.2 Å². The Bertz CT molecular complexity index is 570. The lowest BCUT2D eigenvalue weighted by molar-refractivity contribution is -0.120. The number of carbonyl (C=O) groups excluding carboxylic acids is 1. The summed E-state index contributed by atoms with van der Waals surface area (Å²) in [4.78, 5) is 16.7. The van der Waals surface area contributed by atoms with Crippen LogP contribution in [0.5, 0.6) is 0 Å². The summed E-state index contributed by atoms with van der Waals surface area (Å²) in [6.45, 7) is 0. The Kier molecular flexibility index (Phi) is 4.02. The lowest BCUT2D eigenvalue weighted by Gasteiger charge is -2.16. The number of nitrogens with zero attached hydrogens (tertiary/aromatic N) is 1. The quantitative estimate of drug-likeness (QED) is 0.857. The number of hydrogen-bond donors (Lipinski definition) is 1. The number of carbonyl (C=O) groups is 1. The SMILES string of the molecule is O=C(NC1CC1)[C@H](Sc1ccccn1)c1ccccc1. The Morgan fingerprint density at radius 1 is 1.15 bits per heavy atom. The Morgan fingerprint density at radius 2 is 1.90 bits per heavy atom. The van der Waals surface area contributed by atoms with E-state index in [9.17, 15) is 4.79 Å². The van der Waals surface area contributed by atoms with Gasteiger partial charge in [0.1, 0.15) is 5.25 Å². The minimum absolute atomic E-state index is 0.0781. The monoisotopic (exact) mass is 284 g/mol. The molecule has 1 aliphatic rings. The van der Waals surface area contributed by atoms with Crippen LogP contribution in [0.4, 0.5) is 0 Å². The van der Waals surface area contributed by atoms with Crippen LogP contribution in [0.15, 0.2) is 59.8 Å². The number of amides is 1. The number of hydrogen-bond acceptors (Lipinski definition) is 3. The highest BCUT2D eigenvalue weighted by Gasteiger charge is 2.29. The molecule has 2 aromatic rings. The second-order valence-corrected chi connectivity index (χ2v) is 5.98. The third-order valence-corrected chi connectivity index (χ3v) is 4.35. The first-order valence-corrected chi connectivity index (χ1v) is 7.64. The molecule has 1 atom stereocenters. The largest absolute Gasteiger partial charge is 0.352 e. The van der Waals surface area contributed by atoms with Crippen molar-refractivity contribution in [2.45, 2.75) is 29.2 Å². The zero-order valence-corrected chi connectivity index (χ0v) is 11.8. The van der Waals surface area contributed by atoms with Gasteiger partial charge in [0.25, 0.3) is 0 Å². The molecule has 0 spiro atoms. The molecule has 4 heteroatoms. The molecular weight excluding hydrogens is 268 g/mol. The summed E-state index contributed by atoms with van der Waals surface area (Å²) in [7, 11) is 0. The predicted octanol–water partition coefficient (Wildman–Crippen LogP) is 3.19. The number of rotatable bonds is 5. The molecule has 0 aliphatic heterocycles. The number of aromatic nitrogens is 1. The zero-order valence-electron chi connectivity index (χ0n) is 11.0. The summed E-state index contributed by atoms with van der Waals surface area (Å²) in [5.41, 5.74) is 1.02. The van der Waals surface area contributed by atoms with Crippen LogP contribution in [0.1, 0.15) is 23.7 Å². The molecule has 1 saturated carbocycles. The highest BCUT2D eigenvalue weighted by molar-refractivity contribution is 8.00. The summed E-state index contributed by atoms with van der Waals surface area (Å²) in [5.74, 6) is 0.0781. The van der Waals surface area contributed by atoms with E-state index < -0.39 is 0 Å². The van der Waals surface area contributed by atoms with Gasteiger partial charge in [-0.3, -0.25) is 4.79 Å². The van der Waals surface area contributed by atoms with E-state index in [0.29, 0.717) is 6.04 Å². The molecule has 0 bridgehead atoms. The van der Waals surface area contributed by atoms with Crippen molar-refractivity contribution in [3.8, 4) is 0 Å². The molecule has 102 valence electrons. The van der Waals surface area contributed by atoms with Gasteiger partial charge >= 0.3 is 0 Å². The Morgan fingerprint density at radius 3 is 2.55 bits per heavy atom. The highest BCUT2D eigenvalue weighted by atomic mass is 32.2. The van der Waals surface area contributed by atoms with Crippen LogP contribution in [-0.4, -0.2) is 16.9 Å². The zero-order chi connectivity index (χ0) is 13.8. The van der Waals surface area contributed by atoms with E-state index in [4.69, 9.17) is 0 Å². The summed E-state index contributed by atoms with van der Waals surface area (Å²) in [6.07, 6.45) is 3.95. The minimum atomic E-state index is -0.244. The van der Waals surface area contributed by atoms with Gasteiger partial charge in [-0.2, -0.15) is 0 Å². The van der Waals surface area contributed by atoms with Crippen molar-refractivity contribution in [2.75, 3.05) is 0 Å². The van der Waals surface area contributed by atoms with E-state index in [1.54, 1.807) is 6.20 Å². The fourth-order valence-electron chi connectivity index (χ4n) is 1.94. The minimum Gasteiger partial charge on any atom is -0.352 e. The van der Waals surface area contributed by atoms with E-state index in [-0.39, 0.29) is 11.2 Å². The Labute approximate surface area is 122 Å². The molecule has 3 rings (SSSR count). The van der Waals surface area contributed by atoms with Gasteiger partial charge in [-0.15, -0.1) is 0 Å². The maximum Gasteiger partial charge on any atom is 0.238 e. The topological polar surface area (TPSA) is 42.0 Å². The first-order valence-electron chi connectivity index (χ1n) is 6.76. The molecule has 1 aromatic carbocycles. The predicted molar refractivity (Wildman–Crippen MR) is 80.4 cm³/mol. The van der Waals surface area contributed by atoms with Gasteiger partial charge in [0.2, 0.25) is 5.91 Å². The van der Waals surface area contributed by atoms with Crippen LogP contribution >= 0.6 is 11.8 Å². The summed E-state index contributed by atoms with van der Waals surface area (Å²) < 4.78 is 0. The maximum atomic E-state index is 12.4. The van der Waals surface area contributed by atoms with Gasteiger partial charge in [0.05, 0.1) is 5.03 Å². The van der Waals surface area contributed by atoms with Crippen molar-refractivity contribution in [3.05, 3.63) is 60.3 Å². The van der Waals surface area contributed by atoms with Gasteiger partial charge in [-0.05, 0) is 30.5 Å². The second-order valence-electron chi connectivity index (χ2n) is 4.86. The molecule has 1 aromatic heterocycles. The Balaban J connectivity index is 1.81. The fraction of sp³-hybridized carbons (Fsp3) is 0.250. The van der Waals surface area contributed by atoms with Crippen molar-refractivity contribution in [2.24, 2.45) is 0 Å². The van der Waals surface area contributed by atoms with Crippen LogP contribution in [0.3, 0.4) is 0 Å². The number of thioether (sulfide) groups is 1. The van der Waals surface area contributed by atoms with Crippen molar-refractivity contribution in [1.29, 1.82) is 0 Å². The van der Waals surface area contributed by atoms with Gasteiger partial charge < -0.3 is 5.32 Å². The molecule has 1 N–H and O–H groups in total. The van der Waals surface area contributed by atoms with Crippen LogP contribution in [-0.2, 0) is 4.79 Å². The normalized spacial score (nSPS) is 15.6. The van der Waals surface area contributed by atoms with E-state index in [0.717, 1.165) is 23.4 Å². The van der Waals surface area contributed by atoms with E-state index in [2.05, 4.69) is 10.3 Å². The van der Waals surface area contributed by atoms with E-state index in [1.807, 2.05) is 48.5 Å². The molecule has 3 nitrogen and oxygen atoms in total.